The Bertz CT molecular complexity index is 734. The topological polar surface area (TPSA) is 46.5 Å². The normalized spacial score (nSPS) is 15.0. The predicted molar refractivity (Wildman–Crippen MR) is 83.2 cm³/mol. The molecular formula is C17H17F2N3O. The zero-order valence-corrected chi connectivity index (χ0v) is 12.7. The van der Waals surface area contributed by atoms with Gasteiger partial charge in [-0.25, -0.2) is 13.8 Å². The molecule has 1 N–H and O–H groups in total. The lowest BCUT2D eigenvalue weighted by molar-refractivity contribution is 0.323. The summed E-state index contributed by atoms with van der Waals surface area (Å²) >= 11 is 0. The van der Waals surface area contributed by atoms with Gasteiger partial charge in [0.25, 0.3) is 6.02 Å². The van der Waals surface area contributed by atoms with E-state index in [1.165, 1.54) is 6.07 Å². The lowest BCUT2D eigenvalue weighted by atomic mass is 9.98. The molecule has 0 fully saturated rings. The largest absolute Gasteiger partial charge is 0.463 e. The van der Waals surface area contributed by atoms with Crippen molar-refractivity contribution in [3.63, 3.8) is 0 Å². The van der Waals surface area contributed by atoms with Gasteiger partial charge in [0.1, 0.15) is 6.61 Å². The molecule has 0 spiro atoms. The molecule has 1 atom stereocenters. The van der Waals surface area contributed by atoms with Gasteiger partial charge in [-0.1, -0.05) is 18.2 Å². The number of nitrogens with zero attached hydrogens (tertiary/aromatic N) is 2. The number of aryl methyl sites for hydroxylation is 1. The van der Waals surface area contributed by atoms with Gasteiger partial charge in [-0.2, -0.15) is 0 Å². The highest BCUT2D eigenvalue weighted by molar-refractivity contribution is 5.75. The van der Waals surface area contributed by atoms with E-state index in [9.17, 15) is 8.78 Å². The Morgan fingerprint density at radius 3 is 2.91 bits per heavy atom. The molecule has 1 aliphatic rings. The highest BCUT2D eigenvalue weighted by Gasteiger charge is 2.22. The predicted octanol–water partition coefficient (Wildman–Crippen LogP) is 2.93. The molecule has 1 aromatic heterocycles. The first-order chi connectivity index (χ1) is 11.1. The van der Waals surface area contributed by atoms with Crippen LogP contribution in [0.2, 0.25) is 0 Å². The van der Waals surface area contributed by atoms with Crippen molar-refractivity contribution in [3.05, 3.63) is 65.0 Å². The molecule has 2 heterocycles. The molecule has 0 saturated carbocycles. The average Bonchev–Trinajstić information content (AvgIpc) is 3.02. The van der Waals surface area contributed by atoms with Crippen LogP contribution in [0.25, 0.3) is 0 Å². The highest BCUT2D eigenvalue weighted by atomic mass is 19.2. The van der Waals surface area contributed by atoms with Crippen LogP contribution in [0, 0.1) is 18.6 Å². The number of rotatable bonds is 4. The van der Waals surface area contributed by atoms with Crippen molar-refractivity contribution in [2.45, 2.75) is 19.4 Å². The average molecular weight is 317 g/mol. The summed E-state index contributed by atoms with van der Waals surface area (Å²) in [6.45, 7) is 2.99. The second-order valence-corrected chi connectivity index (χ2v) is 5.45. The van der Waals surface area contributed by atoms with E-state index in [1.807, 2.05) is 13.0 Å². The Balaban J connectivity index is 1.91. The molecular weight excluding hydrogens is 300 g/mol. The van der Waals surface area contributed by atoms with E-state index < -0.39 is 17.7 Å². The zero-order chi connectivity index (χ0) is 16.2. The minimum atomic E-state index is -0.869. The van der Waals surface area contributed by atoms with Crippen molar-refractivity contribution in [1.82, 2.24) is 10.3 Å². The van der Waals surface area contributed by atoms with Crippen molar-refractivity contribution in [2.24, 2.45) is 4.99 Å². The monoisotopic (exact) mass is 317 g/mol. The van der Waals surface area contributed by atoms with Crippen LogP contribution in [0.4, 0.5) is 8.78 Å². The van der Waals surface area contributed by atoms with Crippen molar-refractivity contribution >= 4 is 6.02 Å². The van der Waals surface area contributed by atoms with Gasteiger partial charge >= 0.3 is 0 Å². The third kappa shape index (κ3) is 3.64. The minimum absolute atomic E-state index is 0.240. The van der Waals surface area contributed by atoms with Gasteiger partial charge in [-0.05, 0) is 30.5 Å². The van der Waals surface area contributed by atoms with Crippen LogP contribution in [0.5, 0.6) is 0 Å². The fraction of sp³-hybridized carbons (Fsp3) is 0.294. The van der Waals surface area contributed by atoms with Gasteiger partial charge in [0.05, 0.1) is 12.6 Å². The molecule has 0 radical (unpaired) electrons. The van der Waals surface area contributed by atoms with E-state index in [1.54, 1.807) is 18.5 Å². The number of aromatic nitrogens is 1. The molecule has 1 aliphatic heterocycles. The quantitative estimate of drug-likeness (QED) is 0.943. The van der Waals surface area contributed by atoms with E-state index in [0.29, 0.717) is 25.6 Å². The number of ether oxygens (including phenoxy) is 1. The second-order valence-electron chi connectivity index (χ2n) is 5.45. The summed E-state index contributed by atoms with van der Waals surface area (Å²) in [5.74, 6) is -1.73. The number of amidine groups is 1. The van der Waals surface area contributed by atoms with Crippen LogP contribution in [-0.4, -0.2) is 24.2 Å². The smallest absolute Gasteiger partial charge is 0.285 e. The second kappa shape index (κ2) is 6.73. The van der Waals surface area contributed by atoms with Crippen molar-refractivity contribution in [2.75, 3.05) is 13.2 Å². The van der Waals surface area contributed by atoms with Crippen LogP contribution in [0.1, 0.15) is 22.7 Å². The van der Waals surface area contributed by atoms with E-state index in [-0.39, 0.29) is 5.56 Å². The number of pyridine rings is 1. The number of benzene rings is 1. The summed E-state index contributed by atoms with van der Waals surface area (Å²) in [5.41, 5.74) is 2.17. The van der Waals surface area contributed by atoms with Gasteiger partial charge in [-0.3, -0.25) is 4.98 Å². The van der Waals surface area contributed by atoms with E-state index in [2.05, 4.69) is 15.3 Å². The molecule has 4 nitrogen and oxygen atoms in total. The maximum absolute atomic E-state index is 14.2. The Hall–Kier alpha value is -2.50. The Kier molecular flexibility index (Phi) is 4.50. The number of hydrogen-bond acceptors (Lipinski definition) is 4. The van der Waals surface area contributed by atoms with Crippen LogP contribution in [0.3, 0.4) is 0 Å². The fourth-order valence-electron chi connectivity index (χ4n) is 2.56. The zero-order valence-electron chi connectivity index (χ0n) is 12.7. The Labute approximate surface area is 133 Å². The molecule has 3 rings (SSSR count). The summed E-state index contributed by atoms with van der Waals surface area (Å²) in [5, 5.41) is 3.06. The van der Waals surface area contributed by atoms with E-state index in [0.717, 1.165) is 17.2 Å². The number of nitrogens with one attached hydrogen (secondary N) is 1. The summed E-state index contributed by atoms with van der Waals surface area (Å²) in [7, 11) is 0. The lowest BCUT2D eigenvalue weighted by Crippen LogP contribution is -2.31. The third-order valence-corrected chi connectivity index (χ3v) is 3.61. The molecule has 120 valence electrons. The molecule has 0 aliphatic carbocycles. The molecule has 0 amide bonds. The summed E-state index contributed by atoms with van der Waals surface area (Å²) in [6, 6.07) is 6.00. The molecule has 2 aromatic rings. The maximum atomic E-state index is 14.2. The Morgan fingerprint density at radius 2 is 2.17 bits per heavy atom. The van der Waals surface area contributed by atoms with Gasteiger partial charge in [0.2, 0.25) is 0 Å². The van der Waals surface area contributed by atoms with E-state index in [4.69, 9.17) is 4.74 Å². The fourth-order valence-corrected chi connectivity index (χ4v) is 2.56. The molecule has 1 unspecified atom stereocenters. The standard InChI is InChI=1S/C17H17F2N3O/c1-11-7-12(10-20-9-11)8-15(22-17-21-5-6-23-17)13-3-2-4-14(18)16(13)19/h2-4,7,9-10,15H,5-6,8H2,1H3,(H,21,22). The molecule has 0 saturated heterocycles. The first-order valence-electron chi connectivity index (χ1n) is 7.41. The molecule has 6 heteroatoms. The first kappa shape index (κ1) is 15.4. The molecule has 0 bridgehead atoms. The summed E-state index contributed by atoms with van der Waals surface area (Å²) < 4.78 is 33.1. The molecule has 23 heavy (non-hydrogen) atoms. The number of aliphatic imine (C=N–C) groups is 1. The van der Waals surface area contributed by atoms with Crippen molar-refractivity contribution in [3.8, 4) is 0 Å². The van der Waals surface area contributed by atoms with Crippen LogP contribution in [-0.2, 0) is 11.2 Å². The summed E-state index contributed by atoms with van der Waals surface area (Å²) in [6.07, 6.45) is 3.91. The number of hydrogen-bond donors (Lipinski definition) is 1. The van der Waals surface area contributed by atoms with Gasteiger partial charge in [0.15, 0.2) is 11.6 Å². The first-order valence-corrected chi connectivity index (χ1v) is 7.41. The maximum Gasteiger partial charge on any atom is 0.285 e. The van der Waals surface area contributed by atoms with Gasteiger partial charge in [0, 0.05) is 18.0 Å². The number of halogens is 2. The van der Waals surface area contributed by atoms with Gasteiger partial charge < -0.3 is 10.1 Å². The van der Waals surface area contributed by atoms with Crippen LogP contribution >= 0.6 is 0 Å². The summed E-state index contributed by atoms with van der Waals surface area (Å²) in [4.78, 5) is 8.31. The van der Waals surface area contributed by atoms with E-state index >= 15 is 0 Å². The Morgan fingerprint density at radius 1 is 1.30 bits per heavy atom. The highest BCUT2D eigenvalue weighted by Crippen LogP contribution is 2.23. The van der Waals surface area contributed by atoms with Crippen molar-refractivity contribution in [1.29, 1.82) is 0 Å². The van der Waals surface area contributed by atoms with Gasteiger partial charge in [-0.15, -0.1) is 0 Å². The SMILES string of the molecule is Cc1cncc(CC(NC2=NCCO2)c2cccc(F)c2F)c1. The van der Waals surface area contributed by atoms with Crippen molar-refractivity contribution < 1.29 is 13.5 Å². The van der Waals surface area contributed by atoms with Crippen LogP contribution < -0.4 is 5.32 Å². The third-order valence-electron chi connectivity index (χ3n) is 3.61. The van der Waals surface area contributed by atoms with Crippen LogP contribution in [0.15, 0.2) is 41.7 Å². The minimum Gasteiger partial charge on any atom is -0.463 e. The lowest BCUT2D eigenvalue weighted by Gasteiger charge is -2.20. The molecule has 1 aromatic carbocycles.